The molecular formula is C19H21N5O6S. The van der Waals surface area contributed by atoms with E-state index in [0.29, 0.717) is 43.0 Å². The fourth-order valence-corrected chi connectivity index (χ4v) is 4.96. The number of benzene rings is 2. The minimum atomic E-state index is -4.28. The molecule has 164 valence electrons. The number of nitrogens with zero attached hydrogens (tertiary/aromatic N) is 4. The van der Waals surface area contributed by atoms with E-state index in [-0.39, 0.29) is 11.4 Å². The predicted octanol–water partition coefficient (Wildman–Crippen LogP) is 1.42. The number of hydrogen-bond acceptors (Lipinski definition) is 7. The van der Waals surface area contributed by atoms with E-state index in [1.165, 1.54) is 27.3 Å². The van der Waals surface area contributed by atoms with Gasteiger partial charge in [-0.1, -0.05) is 12.1 Å². The maximum Gasteiger partial charge on any atom is 0.328 e. The van der Waals surface area contributed by atoms with Gasteiger partial charge in [-0.15, -0.1) is 0 Å². The number of nitrogens with one attached hydrogen (secondary N) is 1. The second kappa shape index (κ2) is 7.71. The van der Waals surface area contributed by atoms with Crippen molar-refractivity contribution in [3.8, 4) is 0 Å². The molecule has 4 rings (SSSR count). The Morgan fingerprint density at radius 3 is 2.32 bits per heavy atom. The lowest BCUT2D eigenvalue weighted by molar-refractivity contribution is -0.387. The van der Waals surface area contributed by atoms with Crippen LogP contribution in [0.3, 0.4) is 0 Å². The second-order valence-corrected chi connectivity index (χ2v) is 8.84. The van der Waals surface area contributed by atoms with E-state index < -0.39 is 25.5 Å². The fraction of sp³-hybridized carbons (Fsp3) is 0.316. The SMILES string of the molecule is Cn1c(=O)n(C)c2cc(N3CCOCC3)c(NS(=O)(=O)c3ccccc3[N+](=O)[O-])cc21. The molecule has 1 aromatic heterocycles. The van der Waals surface area contributed by atoms with Crippen molar-refractivity contribution >= 4 is 38.1 Å². The molecule has 0 radical (unpaired) electrons. The molecule has 0 bridgehead atoms. The number of rotatable bonds is 5. The summed E-state index contributed by atoms with van der Waals surface area (Å²) in [7, 11) is -1.04. The first-order chi connectivity index (χ1) is 14.7. The number of hydrogen-bond donors (Lipinski definition) is 1. The standard InChI is InChI=1S/C19H21N5O6S/c1-21-16-11-13(20-31(28,29)18-6-4-3-5-14(18)24(26)27)15(23-7-9-30-10-8-23)12-17(16)22(2)19(21)25/h3-6,11-12,20H,7-10H2,1-2H3. The van der Waals surface area contributed by atoms with E-state index >= 15 is 0 Å². The molecule has 0 saturated carbocycles. The summed E-state index contributed by atoms with van der Waals surface area (Å²) in [5.41, 5.74) is 1.21. The van der Waals surface area contributed by atoms with Crippen molar-refractivity contribution in [2.75, 3.05) is 35.9 Å². The molecule has 0 unspecified atom stereocenters. The number of fused-ring (bicyclic) bond motifs is 1. The summed E-state index contributed by atoms with van der Waals surface area (Å²) in [5.74, 6) is 0. The minimum absolute atomic E-state index is 0.230. The molecule has 1 saturated heterocycles. The number of nitro groups is 1. The van der Waals surface area contributed by atoms with Gasteiger partial charge in [0.25, 0.3) is 15.7 Å². The highest BCUT2D eigenvalue weighted by Gasteiger charge is 2.28. The van der Waals surface area contributed by atoms with Crippen LogP contribution in [-0.4, -0.2) is 48.8 Å². The molecule has 3 aromatic rings. The van der Waals surface area contributed by atoms with Gasteiger partial charge < -0.3 is 9.64 Å². The van der Waals surface area contributed by atoms with Crippen LogP contribution in [-0.2, 0) is 28.9 Å². The monoisotopic (exact) mass is 447 g/mol. The molecule has 1 aliphatic rings. The fourth-order valence-electron chi connectivity index (χ4n) is 3.72. The van der Waals surface area contributed by atoms with E-state index in [2.05, 4.69) is 4.72 Å². The van der Waals surface area contributed by atoms with Crippen molar-refractivity contribution in [1.29, 1.82) is 0 Å². The van der Waals surface area contributed by atoms with Crippen molar-refractivity contribution in [2.45, 2.75) is 4.90 Å². The Morgan fingerprint density at radius 1 is 1.06 bits per heavy atom. The van der Waals surface area contributed by atoms with Crippen molar-refractivity contribution in [1.82, 2.24) is 9.13 Å². The Labute approximate surface area is 177 Å². The van der Waals surface area contributed by atoms with E-state index in [4.69, 9.17) is 4.74 Å². The number of para-hydroxylation sites is 1. The van der Waals surface area contributed by atoms with Crippen LogP contribution in [0, 0.1) is 10.1 Å². The molecule has 1 fully saturated rings. The number of ether oxygens (including phenoxy) is 1. The molecule has 2 aromatic carbocycles. The first-order valence-corrected chi connectivity index (χ1v) is 11.0. The van der Waals surface area contributed by atoms with Gasteiger partial charge >= 0.3 is 5.69 Å². The van der Waals surface area contributed by atoms with E-state index in [0.717, 1.165) is 6.07 Å². The van der Waals surface area contributed by atoms with E-state index in [1.807, 2.05) is 4.90 Å². The van der Waals surface area contributed by atoms with E-state index in [1.54, 1.807) is 26.2 Å². The van der Waals surface area contributed by atoms with Crippen LogP contribution < -0.4 is 15.3 Å². The third-order valence-electron chi connectivity index (χ3n) is 5.34. The number of aromatic nitrogens is 2. The van der Waals surface area contributed by atoms with E-state index in [9.17, 15) is 23.3 Å². The lowest BCUT2D eigenvalue weighted by atomic mass is 10.2. The maximum absolute atomic E-state index is 13.1. The highest BCUT2D eigenvalue weighted by atomic mass is 32.2. The highest BCUT2D eigenvalue weighted by molar-refractivity contribution is 7.92. The van der Waals surface area contributed by atoms with Crippen LogP contribution >= 0.6 is 0 Å². The van der Waals surface area contributed by atoms with Crippen LogP contribution in [0.15, 0.2) is 46.1 Å². The molecule has 0 spiro atoms. The summed E-state index contributed by atoms with van der Waals surface area (Å²) in [6, 6.07) is 8.48. The minimum Gasteiger partial charge on any atom is -0.378 e. The van der Waals surface area contributed by atoms with Crippen LogP contribution in [0.5, 0.6) is 0 Å². The molecule has 0 atom stereocenters. The number of aryl methyl sites for hydroxylation is 2. The predicted molar refractivity (Wildman–Crippen MR) is 115 cm³/mol. The number of sulfonamides is 1. The van der Waals surface area contributed by atoms with Gasteiger partial charge in [-0.25, -0.2) is 13.2 Å². The number of anilines is 2. The average molecular weight is 447 g/mol. The average Bonchev–Trinajstić information content (AvgIpc) is 2.97. The normalized spacial score (nSPS) is 14.7. The number of morpholine rings is 1. The molecule has 1 N–H and O–H groups in total. The molecule has 2 heterocycles. The Bertz CT molecular complexity index is 1340. The van der Waals surface area contributed by atoms with Gasteiger partial charge in [0.05, 0.1) is 40.5 Å². The van der Waals surface area contributed by atoms with Gasteiger partial charge in [0, 0.05) is 33.3 Å². The van der Waals surface area contributed by atoms with Crippen molar-refractivity contribution in [3.05, 3.63) is 57.0 Å². The van der Waals surface area contributed by atoms with Gasteiger partial charge in [-0.2, -0.15) is 0 Å². The first kappa shape index (κ1) is 20.9. The Balaban J connectivity index is 1.89. The molecular weight excluding hydrogens is 426 g/mol. The Kier molecular flexibility index (Phi) is 5.19. The Hall–Kier alpha value is -3.38. The van der Waals surface area contributed by atoms with Gasteiger partial charge in [0.15, 0.2) is 4.90 Å². The van der Waals surface area contributed by atoms with Crippen molar-refractivity contribution in [3.63, 3.8) is 0 Å². The van der Waals surface area contributed by atoms with Crippen molar-refractivity contribution < 1.29 is 18.1 Å². The van der Waals surface area contributed by atoms with Crippen LogP contribution in [0.1, 0.15) is 0 Å². The molecule has 0 aliphatic carbocycles. The molecule has 12 heteroatoms. The third-order valence-corrected chi connectivity index (χ3v) is 6.75. The zero-order valence-corrected chi connectivity index (χ0v) is 17.8. The summed E-state index contributed by atoms with van der Waals surface area (Å²) in [6.07, 6.45) is 0. The quantitative estimate of drug-likeness (QED) is 0.463. The summed E-state index contributed by atoms with van der Waals surface area (Å²) >= 11 is 0. The molecule has 1 aliphatic heterocycles. The first-order valence-electron chi connectivity index (χ1n) is 9.49. The second-order valence-electron chi connectivity index (χ2n) is 7.19. The summed E-state index contributed by atoms with van der Waals surface area (Å²) in [5, 5.41) is 11.3. The van der Waals surface area contributed by atoms with Crippen LogP contribution in [0.25, 0.3) is 11.0 Å². The smallest absolute Gasteiger partial charge is 0.328 e. The Morgan fingerprint density at radius 2 is 1.68 bits per heavy atom. The molecule has 0 amide bonds. The maximum atomic E-state index is 13.1. The number of nitro benzene ring substituents is 1. The van der Waals surface area contributed by atoms with Gasteiger partial charge in [0.2, 0.25) is 0 Å². The van der Waals surface area contributed by atoms with Gasteiger partial charge in [0.1, 0.15) is 0 Å². The summed E-state index contributed by atoms with van der Waals surface area (Å²) in [4.78, 5) is 24.5. The summed E-state index contributed by atoms with van der Waals surface area (Å²) in [6.45, 7) is 2.02. The highest BCUT2D eigenvalue weighted by Crippen LogP contribution is 2.34. The molecule has 31 heavy (non-hydrogen) atoms. The topological polar surface area (TPSA) is 129 Å². The van der Waals surface area contributed by atoms with Gasteiger partial charge in [-0.05, 0) is 18.2 Å². The van der Waals surface area contributed by atoms with Crippen LogP contribution in [0.4, 0.5) is 17.1 Å². The lowest BCUT2D eigenvalue weighted by Gasteiger charge is -2.30. The zero-order valence-electron chi connectivity index (χ0n) is 16.9. The van der Waals surface area contributed by atoms with Crippen molar-refractivity contribution in [2.24, 2.45) is 14.1 Å². The van der Waals surface area contributed by atoms with Gasteiger partial charge in [-0.3, -0.25) is 24.0 Å². The largest absolute Gasteiger partial charge is 0.378 e. The third kappa shape index (κ3) is 3.64. The number of imidazole rings is 1. The molecule has 11 nitrogen and oxygen atoms in total. The summed E-state index contributed by atoms with van der Waals surface area (Å²) < 4.78 is 37.0. The lowest BCUT2D eigenvalue weighted by Crippen LogP contribution is -2.36. The van der Waals surface area contributed by atoms with Crippen LogP contribution in [0.2, 0.25) is 0 Å². The zero-order chi connectivity index (χ0) is 22.3.